The Hall–Kier alpha value is 0.300. The molecule has 1 heterocycles. The van der Waals surface area contributed by atoms with Crippen LogP contribution in [0.15, 0.2) is 12.1 Å². The zero-order chi connectivity index (χ0) is 12.0. The van der Waals surface area contributed by atoms with Crippen molar-refractivity contribution in [2.75, 3.05) is 19.3 Å². The van der Waals surface area contributed by atoms with E-state index in [-0.39, 0.29) is 0 Å². The van der Waals surface area contributed by atoms with Gasteiger partial charge in [-0.05, 0) is 50.2 Å². The molecule has 0 fully saturated rings. The second kappa shape index (κ2) is 7.59. The minimum atomic E-state index is 0.770. The fourth-order valence-electron chi connectivity index (χ4n) is 1.59. The summed E-state index contributed by atoms with van der Waals surface area (Å²) in [6.45, 7) is 4.45. The first-order chi connectivity index (χ1) is 7.61. The van der Waals surface area contributed by atoms with E-state index < -0.39 is 0 Å². The van der Waals surface area contributed by atoms with Gasteiger partial charge >= 0.3 is 0 Å². The first kappa shape index (κ1) is 14.4. The molecule has 0 aliphatic rings. The minimum absolute atomic E-state index is 0.770. The summed E-state index contributed by atoms with van der Waals surface area (Å²) in [4.78, 5) is 3.70. The molecule has 0 aliphatic heterocycles. The van der Waals surface area contributed by atoms with Crippen LogP contribution in [0.2, 0.25) is 4.34 Å². The maximum atomic E-state index is 5.90. The molecule has 0 saturated carbocycles. The molecule has 0 amide bonds. The normalized spacial score (nSPS) is 13.3. The van der Waals surface area contributed by atoms with Crippen LogP contribution in [0.5, 0.6) is 0 Å². The van der Waals surface area contributed by atoms with Gasteiger partial charge in [-0.3, -0.25) is 0 Å². The summed E-state index contributed by atoms with van der Waals surface area (Å²) in [6.07, 6.45) is 2.46. The standard InChI is InChI=1S/C12H20ClNS2/c1-10(6-8-15)5-7-14(2)9-11-3-4-12(13)16-11/h3-4,10,15H,5-9H2,1-2H3. The van der Waals surface area contributed by atoms with Gasteiger partial charge in [0.05, 0.1) is 4.34 Å². The molecule has 1 unspecified atom stereocenters. The largest absolute Gasteiger partial charge is 0.301 e. The SMILES string of the molecule is CC(CCS)CCN(C)Cc1ccc(Cl)s1. The molecule has 1 aromatic heterocycles. The predicted molar refractivity (Wildman–Crippen MR) is 77.9 cm³/mol. The van der Waals surface area contributed by atoms with Crippen molar-refractivity contribution in [3.63, 3.8) is 0 Å². The molecule has 0 radical (unpaired) electrons. The Morgan fingerprint density at radius 3 is 2.75 bits per heavy atom. The highest BCUT2D eigenvalue weighted by atomic mass is 35.5. The zero-order valence-electron chi connectivity index (χ0n) is 9.95. The van der Waals surface area contributed by atoms with E-state index in [0.29, 0.717) is 0 Å². The first-order valence-corrected chi connectivity index (χ1v) is 7.48. The van der Waals surface area contributed by atoms with Crippen LogP contribution in [-0.2, 0) is 6.54 Å². The zero-order valence-corrected chi connectivity index (χ0v) is 12.4. The van der Waals surface area contributed by atoms with Gasteiger partial charge in [-0.25, -0.2) is 0 Å². The topological polar surface area (TPSA) is 3.24 Å². The number of thiol groups is 1. The van der Waals surface area contributed by atoms with Crippen LogP contribution in [0.4, 0.5) is 0 Å². The van der Waals surface area contributed by atoms with Crippen molar-refractivity contribution in [3.05, 3.63) is 21.3 Å². The van der Waals surface area contributed by atoms with Crippen molar-refractivity contribution >= 4 is 35.6 Å². The second-order valence-electron chi connectivity index (χ2n) is 4.35. The van der Waals surface area contributed by atoms with Gasteiger partial charge in [0.1, 0.15) is 0 Å². The smallest absolute Gasteiger partial charge is 0.0931 e. The molecule has 0 bridgehead atoms. The quantitative estimate of drug-likeness (QED) is 0.732. The number of nitrogens with zero attached hydrogens (tertiary/aromatic N) is 1. The fourth-order valence-corrected chi connectivity index (χ4v) is 3.20. The Morgan fingerprint density at radius 2 is 2.19 bits per heavy atom. The maximum absolute atomic E-state index is 5.90. The van der Waals surface area contributed by atoms with Crippen LogP contribution < -0.4 is 0 Å². The van der Waals surface area contributed by atoms with Crippen molar-refractivity contribution < 1.29 is 0 Å². The molecule has 1 nitrogen and oxygen atoms in total. The lowest BCUT2D eigenvalue weighted by Gasteiger charge is -2.18. The van der Waals surface area contributed by atoms with Gasteiger partial charge in [0.15, 0.2) is 0 Å². The molecular formula is C12H20ClNS2. The Labute approximate surface area is 113 Å². The van der Waals surface area contributed by atoms with E-state index >= 15 is 0 Å². The number of hydrogen-bond acceptors (Lipinski definition) is 3. The molecule has 0 saturated heterocycles. The minimum Gasteiger partial charge on any atom is -0.301 e. The van der Waals surface area contributed by atoms with Crippen molar-refractivity contribution in [2.24, 2.45) is 5.92 Å². The van der Waals surface area contributed by atoms with E-state index in [1.807, 2.05) is 6.07 Å². The summed E-state index contributed by atoms with van der Waals surface area (Å²) in [5.74, 6) is 1.76. The van der Waals surface area contributed by atoms with Crippen LogP contribution in [0.1, 0.15) is 24.6 Å². The van der Waals surface area contributed by atoms with Gasteiger partial charge in [0.25, 0.3) is 0 Å². The van der Waals surface area contributed by atoms with Crippen LogP contribution in [0.3, 0.4) is 0 Å². The van der Waals surface area contributed by atoms with Gasteiger partial charge in [0.2, 0.25) is 0 Å². The molecule has 0 aromatic carbocycles. The van der Waals surface area contributed by atoms with Gasteiger partial charge in [-0.2, -0.15) is 12.6 Å². The number of thiophene rings is 1. The highest BCUT2D eigenvalue weighted by Crippen LogP contribution is 2.22. The lowest BCUT2D eigenvalue weighted by atomic mass is 10.1. The summed E-state index contributed by atoms with van der Waals surface area (Å²) in [7, 11) is 2.17. The molecule has 1 aromatic rings. The monoisotopic (exact) mass is 277 g/mol. The average molecular weight is 278 g/mol. The number of halogens is 1. The Balaban J connectivity index is 2.23. The molecule has 4 heteroatoms. The Morgan fingerprint density at radius 1 is 1.44 bits per heavy atom. The lowest BCUT2D eigenvalue weighted by Crippen LogP contribution is -2.20. The van der Waals surface area contributed by atoms with Crippen LogP contribution in [0, 0.1) is 5.92 Å². The summed E-state index contributed by atoms with van der Waals surface area (Å²) >= 11 is 11.8. The summed E-state index contributed by atoms with van der Waals surface area (Å²) in [5.41, 5.74) is 0. The van der Waals surface area contributed by atoms with E-state index in [1.54, 1.807) is 11.3 Å². The third-order valence-electron chi connectivity index (χ3n) is 2.68. The van der Waals surface area contributed by atoms with Gasteiger partial charge in [0, 0.05) is 11.4 Å². The highest BCUT2D eigenvalue weighted by molar-refractivity contribution is 7.80. The van der Waals surface area contributed by atoms with Crippen LogP contribution >= 0.6 is 35.6 Å². The van der Waals surface area contributed by atoms with E-state index in [1.165, 1.54) is 17.7 Å². The summed E-state index contributed by atoms with van der Waals surface area (Å²) in [6, 6.07) is 4.08. The molecule has 16 heavy (non-hydrogen) atoms. The van der Waals surface area contributed by atoms with Crippen molar-refractivity contribution in [1.29, 1.82) is 0 Å². The predicted octanol–water partition coefficient (Wildman–Crippen LogP) is 4.18. The van der Waals surface area contributed by atoms with E-state index in [0.717, 1.165) is 29.1 Å². The third kappa shape index (κ3) is 5.58. The highest BCUT2D eigenvalue weighted by Gasteiger charge is 2.06. The Bertz CT molecular complexity index is 301. The molecule has 0 spiro atoms. The third-order valence-corrected chi connectivity index (χ3v) is 4.15. The van der Waals surface area contributed by atoms with E-state index in [9.17, 15) is 0 Å². The van der Waals surface area contributed by atoms with Crippen LogP contribution in [-0.4, -0.2) is 24.2 Å². The van der Waals surface area contributed by atoms with E-state index in [2.05, 4.69) is 37.6 Å². The fraction of sp³-hybridized carbons (Fsp3) is 0.667. The summed E-state index contributed by atoms with van der Waals surface area (Å²) < 4.78 is 0.881. The average Bonchev–Trinajstić information content (AvgIpc) is 2.61. The number of hydrogen-bond donors (Lipinski definition) is 1. The maximum Gasteiger partial charge on any atom is 0.0931 e. The number of rotatable bonds is 7. The summed E-state index contributed by atoms with van der Waals surface area (Å²) in [5, 5.41) is 0. The first-order valence-electron chi connectivity index (χ1n) is 5.65. The molecular weight excluding hydrogens is 258 g/mol. The van der Waals surface area contributed by atoms with Crippen molar-refractivity contribution in [1.82, 2.24) is 4.90 Å². The van der Waals surface area contributed by atoms with Crippen molar-refractivity contribution in [3.8, 4) is 0 Å². The van der Waals surface area contributed by atoms with Gasteiger partial charge in [-0.15, -0.1) is 11.3 Å². The molecule has 0 N–H and O–H groups in total. The van der Waals surface area contributed by atoms with Crippen molar-refractivity contribution in [2.45, 2.75) is 26.3 Å². The van der Waals surface area contributed by atoms with Gasteiger partial charge in [-0.1, -0.05) is 18.5 Å². The molecule has 0 aliphatic carbocycles. The van der Waals surface area contributed by atoms with Crippen LogP contribution in [0.25, 0.3) is 0 Å². The molecule has 92 valence electrons. The van der Waals surface area contributed by atoms with Gasteiger partial charge < -0.3 is 4.90 Å². The van der Waals surface area contributed by atoms with E-state index in [4.69, 9.17) is 11.6 Å². The Kier molecular flexibility index (Phi) is 6.81. The lowest BCUT2D eigenvalue weighted by molar-refractivity contribution is 0.299. The molecule has 1 rings (SSSR count). The molecule has 1 atom stereocenters. The second-order valence-corrected chi connectivity index (χ2v) is 6.60.